The average molecular weight is 248 g/mol. The van der Waals surface area contributed by atoms with Gasteiger partial charge in [0.25, 0.3) is 5.91 Å². The Labute approximate surface area is 106 Å². The standard InChI is InChI=1S/C13H16N2O3/c16-13(15-7-5-14-6-8-15)12-9-17-10-3-1-2-4-11(10)18-12/h1-4,12,14H,5-9H2/t12-/m0/s1. The zero-order chi connectivity index (χ0) is 12.4. The monoisotopic (exact) mass is 248 g/mol. The molecule has 1 aromatic rings. The molecule has 1 saturated heterocycles. The largest absolute Gasteiger partial charge is 0.485 e. The number of ether oxygens (including phenoxy) is 2. The summed E-state index contributed by atoms with van der Waals surface area (Å²) in [5.74, 6) is 1.38. The van der Waals surface area contributed by atoms with Gasteiger partial charge in [-0.25, -0.2) is 0 Å². The van der Waals surface area contributed by atoms with Crippen LogP contribution in [0.15, 0.2) is 24.3 Å². The van der Waals surface area contributed by atoms with E-state index >= 15 is 0 Å². The fourth-order valence-corrected chi connectivity index (χ4v) is 2.23. The van der Waals surface area contributed by atoms with Gasteiger partial charge in [-0.3, -0.25) is 4.79 Å². The van der Waals surface area contributed by atoms with Crippen molar-refractivity contribution >= 4 is 5.91 Å². The molecule has 5 nitrogen and oxygen atoms in total. The van der Waals surface area contributed by atoms with Crippen molar-refractivity contribution in [3.63, 3.8) is 0 Å². The predicted molar refractivity (Wildman–Crippen MR) is 65.8 cm³/mol. The lowest BCUT2D eigenvalue weighted by molar-refractivity contribution is -0.141. The first-order valence-corrected chi connectivity index (χ1v) is 6.22. The molecule has 2 aliphatic heterocycles. The number of nitrogens with one attached hydrogen (secondary N) is 1. The number of amides is 1. The summed E-state index contributed by atoms with van der Waals surface area (Å²) in [5.41, 5.74) is 0. The summed E-state index contributed by atoms with van der Waals surface area (Å²) < 4.78 is 11.3. The second kappa shape index (κ2) is 4.86. The van der Waals surface area contributed by atoms with Crippen LogP contribution in [0.1, 0.15) is 0 Å². The van der Waals surface area contributed by atoms with Crippen molar-refractivity contribution in [2.75, 3.05) is 32.8 Å². The molecule has 0 unspecified atom stereocenters. The first-order chi connectivity index (χ1) is 8.84. The molecule has 0 spiro atoms. The lowest BCUT2D eigenvalue weighted by atomic mass is 10.2. The lowest BCUT2D eigenvalue weighted by Crippen LogP contribution is -2.52. The zero-order valence-electron chi connectivity index (χ0n) is 10.1. The molecular formula is C13H16N2O3. The van der Waals surface area contributed by atoms with Crippen LogP contribution in [0, 0.1) is 0 Å². The molecule has 1 fully saturated rings. The maximum Gasteiger partial charge on any atom is 0.267 e. The molecule has 96 valence electrons. The van der Waals surface area contributed by atoms with Crippen LogP contribution in [0.4, 0.5) is 0 Å². The van der Waals surface area contributed by atoms with Gasteiger partial charge < -0.3 is 19.7 Å². The van der Waals surface area contributed by atoms with Gasteiger partial charge in [-0.05, 0) is 12.1 Å². The fourth-order valence-electron chi connectivity index (χ4n) is 2.23. The minimum atomic E-state index is -0.516. The Hall–Kier alpha value is -1.75. The van der Waals surface area contributed by atoms with Crippen LogP contribution in [-0.2, 0) is 4.79 Å². The van der Waals surface area contributed by atoms with E-state index in [9.17, 15) is 4.79 Å². The SMILES string of the molecule is O=C([C@@H]1COc2ccccc2O1)N1CCNCC1. The highest BCUT2D eigenvalue weighted by molar-refractivity contribution is 5.82. The molecule has 1 atom stereocenters. The number of piperazine rings is 1. The summed E-state index contributed by atoms with van der Waals surface area (Å²) >= 11 is 0. The molecular weight excluding hydrogens is 232 g/mol. The van der Waals surface area contributed by atoms with Crippen LogP contribution < -0.4 is 14.8 Å². The van der Waals surface area contributed by atoms with Crippen LogP contribution in [-0.4, -0.2) is 49.7 Å². The quantitative estimate of drug-likeness (QED) is 0.774. The van der Waals surface area contributed by atoms with Gasteiger partial charge in [0.05, 0.1) is 0 Å². The zero-order valence-corrected chi connectivity index (χ0v) is 10.1. The molecule has 2 heterocycles. The smallest absolute Gasteiger partial charge is 0.267 e. The van der Waals surface area contributed by atoms with Gasteiger partial charge in [-0.15, -0.1) is 0 Å². The van der Waals surface area contributed by atoms with Gasteiger partial charge in [-0.2, -0.15) is 0 Å². The van der Waals surface area contributed by atoms with E-state index in [4.69, 9.17) is 9.47 Å². The summed E-state index contributed by atoms with van der Waals surface area (Å²) in [7, 11) is 0. The van der Waals surface area contributed by atoms with Crippen molar-refractivity contribution in [3.8, 4) is 11.5 Å². The third-order valence-electron chi connectivity index (χ3n) is 3.21. The molecule has 2 aliphatic rings. The molecule has 5 heteroatoms. The highest BCUT2D eigenvalue weighted by Crippen LogP contribution is 2.31. The van der Waals surface area contributed by atoms with Crippen molar-refractivity contribution in [3.05, 3.63) is 24.3 Å². The third kappa shape index (κ3) is 2.13. The van der Waals surface area contributed by atoms with Crippen molar-refractivity contribution in [2.45, 2.75) is 6.10 Å². The first-order valence-electron chi connectivity index (χ1n) is 6.22. The van der Waals surface area contributed by atoms with Gasteiger partial charge in [0.15, 0.2) is 11.5 Å². The second-order valence-electron chi connectivity index (χ2n) is 4.44. The van der Waals surface area contributed by atoms with E-state index in [0.29, 0.717) is 18.1 Å². The van der Waals surface area contributed by atoms with Gasteiger partial charge in [0.2, 0.25) is 6.10 Å². The maximum atomic E-state index is 12.3. The Morgan fingerprint density at radius 3 is 2.72 bits per heavy atom. The number of para-hydroxylation sites is 2. The number of rotatable bonds is 1. The Kier molecular flexibility index (Phi) is 3.06. The van der Waals surface area contributed by atoms with Crippen LogP contribution in [0.3, 0.4) is 0 Å². The normalized spacial score (nSPS) is 22.7. The average Bonchev–Trinajstić information content (AvgIpc) is 2.47. The van der Waals surface area contributed by atoms with E-state index in [0.717, 1.165) is 26.2 Å². The highest BCUT2D eigenvalue weighted by Gasteiger charge is 2.31. The Morgan fingerprint density at radius 2 is 1.94 bits per heavy atom. The van der Waals surface area contributed by atoms with Crippen molar-refractivity contribution < 1.29 is 14.3 Å². The topological polar surface area (TPSA) is 50.8 Å². The maximum absolute atomic E-state index is 12.3. The Bertz CT molecular complexity index is 444. The Morgan fingerprint density at radius 1 is 1.22 bits per heavy atom. The third-order valence-corrected chi connectivity index (χ3v) is 3.21. The van der Waals surface area contributed by atoms with Gasteiger partial charge in [0, 0.05) is 26.2 Å². The molecule has 1 amide bonds. The molecule has 0 aliphatic carbocycles. The van der Waals surface area contributed by atoms with E-state index in [1.54, 1.807) is 0 Å². The number of carbonyl (C=O) groups is 1. The molecule has 0 radical (unpaired) electrons. The Balaban J connectivity index is 1.69. The molecule has 1 N–H and O–H groups in total. The number of carbonyl (C=O) groups excluding carboxylic acids is 1. The molecule has 3 rings (SSSR count). The van der Waals surface area contributed by atoms with E-state index < -0.39 is 6.10 Å². The van der Waals surface area contributed by atoms with E-state index in [1.165, 1.54) is 0 Å². The van der Waals surface area contributed by atoms with Crippen molar-refractivity contribution in [2.24, 2.45) is 0 Å². The van der Waals surface area contributed by atoms with Crippen molar-refractivity contribution in [1.82, 2.24) is 10.2 Å². The van der Waals surface area contributed by atoms with Crippen molar-refractivity contribution in [1.29, 1.82) is 0 Å². The van der Waals surface area contributed by atoms with E-state index in [1.807, 2.05) is 29.2 Å². The molecule has 1 aromatic carbocycles. The minimum Gasteiger partial charge on any atom is -0.485 e. The molecule has 0 bridgehead atoms. The number of hydrogen-bond acceptors (Lipinski definition) is 4. The van der Waals surface area contributed by atoms with Crippen LogP contribution in [0.5, 0.6) is 11.5 Å². The number of fused-ring (bicyclic) bond motifs is 1. The first kappa shape index (κ1) is 11.3. The molecule has 18 heavy (non-hydrogen) atoms. The number of benzene rings is 1. The molecule has 0 aromatic heterocycles. The predicted octanol–water partition coefficient (Wildman–Crippen LogP) is 0.258. The summed E-state index contributed by atoms with van der Waals surface area (Å²) in [5, 5.41) is 3.22. The van der Waals surface area contributed by atoms with Crippen LogP contribution in [0.2, 0.25) is 0 Å². The van der Waals surface area contributed by atoms with Crippen LogP contribution >= 0.6 is 0 Å². The second-order valence-corrected chi connectivity index (χ2v) is 4.44. The highest BCUT2D eigenvalue weighted by atomic mass is 16.6. The van der Waals surface area contributed by atoms with E-state index in [-0.39, 0.29) is 5.91 Å². The number of hydrogen-bond donors (Lipinski definition) is 1. The van der Waals surface area contributed by atoms with Gasteiger partial charge in [-0.1, -0.05) is 12.1 Å². The van der Waals surface area contributed by atoms with Crippen LogP contribution in [0.25, 0.3) is 0 Å². The number of nitrogens with zero attached hydrogens (tertiary/aromatic N) is 1. The fraction of sp³-hybridized carbons (Fsp3) is 0.462. The summed E-state index contributed by atoms with van der Waals surface area (Å²) in [4.78, 5) is 14.1. The van der Waals surface area contributed by atoms with Gasteiger partial charge >= 0.3 is 0 Å². The summed E-state index contributed by atoms with van der Waals surface area (Å²) in [6, 6.07) is 7.44. The lowest BCUT2D eigenvalue weighted by Gasteiger charge is -2.32. The minimum absolute atomic E-state index is 0.0194. The van der Waals surface area contributed by atoms with Gasteiger partial charge in [0.1, 0.15) is 6.61 Å². The van der Waals surface area contributed by atoms with E-state index in [2.05, 4.69) is 5.32 Å². The summed E-state index contributed by atoms with van der Waals surface area (Å²) in [6.45, 7) is 3.45. The summed E-state index contributed by atoms with van der Waals surface area (Å²) in [6.07, 6.45) is -0.516. The molecule has 0 saturated carbocycles.